The van der Waals surface area contributed by atoms with Gasteiger partial charge in [-0.2, -0.15) is 0 Å². The second kappa shape index (κ2) is 6.46. The molecule has 0 saturated carbocycles. The second-order valence-corrected chi connectivity index (χ2v) is 8.48. The number of hydrogen-bond donors (Lipinski definition) is 0. The van der Waals surface area contributed by atoms with Gasteiger partial charge in [-0.1, -0.05) is 18.2 Å². The van der Waals surface area contributed by atoms with Gasteiger partial charge >= 0.3 is 0 Å². The lowest BCUT2D eigenvalue weighted by atomic mass is 10.1. The number of amides is 1. The summed E-state index contributed by atoms with van der Waals surface area (Å²) in [4.78, 5) is 17.0. The van der Waals surface area contributed by atoms with Crippen LogP contribution in [0.2, 0.25) is 0 Å². The summed E-state index contributed by atoms with van der Waals surface area (Å²) in [5, 5.41) is 0. The highest BCUT2D eigenvalue weighted by molar-refractivity contribution is 7.97. The van der Waals surface area contributed by atoms with Crippen molar-refractivity contribution in [1.29, 1.82) is 0 Å². The molecule has 0 spiro atoms. The molecule has 3 aliphatic rings. The molecule has 7 heteroatoms. The summed E-state index contributed by atoms with van der Waals surface area (Å²) in [5.41, 5.74) is 1.27. The summed E-state index contributed by atoms with van der Waals surface area (Å²) >= 11 is 0. The van der Waals surface area contributed by atoms with E-state index < -0.39 is 9.84 Å². The van der Waals surface area contributed by atoms with Crippen molar-refractivity contribution in [3.8, 4) is 0 Å². The van der Waals surface area contributed by atoms with E-state index in [2.05, 4.69) is 4.90 Å². The number of carbonyl (C=O) groups is 1. The average molecular weight is 362 g/mol. The van der Waals surface area contributed by atoms with Crippen molar-refractivity contribution < 1.29 is 17.9 Å². The topological polar surface area (TPSA) is 66.9 Å². The Morgan fingerprint density at radius 1 is 0.960 bits per heavy atom. The monoisotopic (exact) mass is 362 g/mol. The van der Waals surface area contributed by atoms with Gasteiger partial charge in [0.2, 0.25) is 9.84 Å². The number of nitrogens with zero attached hydrogens (tertiary/aromatic N) is 2. The van der Waals surface area contributed by atoms with Crippen molar-refractivity contribution in [3.63, 3.8) is 0 Å². The molecule has 1 amide bonds. The number of piperidine rings is 1. The fourth-order valence-corrected chi connectivity index (χ4v) is 5.60. The summed E-state index contributed by atoms with van der Waals surface area (Å²) in [6.07, 6.45) is 3.18. The number of hydrogen-bond acceptors (Lipinski definition) is 5. The Bertz CT molecular complexity index is 819. The van der Waals surface area contributed by atoms with Gasteiger partial charge in [-0.25, -0.2) is 8.42 Å². The van der Waals surface area contributed by atoms with Gasteiger partial charge in [0, 0.05) is 31.7 Å². The van der Waals surface area contributed by atoms with E-state index in [-0.39, 0.29) is 15.7 Å². The van der Waals surface area contributed by atoms with E-state index in [9.17, 15) is 13.2 Å². The molecule has 4 rings (SSSR count). The standard InChI is InChI=1S/C18H22N2O4S/c21-18(20-10-12-24-13-11-20)17-16(19-8-4-1-5-9-19)14-6-2-3-7-15(14)25(17,22)23/h2-3,6-7H,1,4-5,8-13H2. The van der Waals surface area contributed by atoms with E-state index >= 15 is 0 Å². The lowest BCUT2D eigenvalue weighted by Gasteiger charge is -2.32. The molecule has 0 aromatic heterocycles. The van der Waals surface area contributed by atoms with Crippen LogP contribution in [0.25, 0.3) is 5.70 Å². The SMILES string of the molecule is O=C(C1=C(N2CCCCC2)c2ccccc2S1(=O)=O)N1CCOCC1. The summed E-state index contributed by atoms with van der Waals surface area (Å²) in [5.74, 6) is -0.389. The van der Waals surface area contributed by atoms with Crippen LogP contribution in [0, 0.1) is 0 Å². The molecule has 3 aliphatic heterocycles. The maximum Gasteiger partial charge on any atom is 0.268 e. The summed E-state index contributed by atoms with van der Waals surface area (Å²) in [7, 11) is -3.79. The minimum Gasteiger partial charge on any atom is -0.378 e. The van der Waals surface area contributed by atoms with Crippen molar-refractivity contribution in [3.05, 3.63) is 34.7 Å². The summed E-state index contributed by atoms with van der Waals surface area (Å²) in [6.45, 7) is 3.34. The highest BCUT2D eigenvalue weighted by Gasteiger charge is 2.43. The van der Waals surface area contributed by atoms with E-state index in [1.54, 1.807) is 17.0 Å². The first-order valence-corrected chi connectivity index (χ1v) is 10.3. The fraction of sp³-hybridized carbons (Fsp3) is 0.500. The van der Waals surface area contributed by atoms with Crippen molar-refractivity contribution in [2.45, 2.75) is 24.2 Å². The van der Waals surface area contributed by atoms with Gasteiger partial charge in [-0.05, 0) is 25.3 Å². The van der Waals surface area contributed by atoms with E-state index in [1.165, 1.54) is 0 Å². The van der Waals surface area contributed by atoms with Crippen molar-refractivity contribution in [2.24, 2.45) is 0 Å². The van der Waals surface area contributed by atoms with Crippen LogP contribution in [0.5, 0.6) is 0 Å². The second-order valence-electron chi connectivity index (χ2n) is 6.63. The van der Waals surface area contributed by atoms with Gasteiger partial charge in [0.25, 0.3) is 5.91 Å². The number of benzene rings is 1. The third-order valence-corrected chi connectivity index (χ3v) is 6.92. The predicted octanol–water partition coefficient (Wildman–Crippen LogP) is 1.49. The molecule has 1 aromatic rings. The summed E-state index contributed by atoms with van der Waals surface area (Å²) < 4.78 is 31.6. The van der Waals surface area contributed by atoms with Gasteiger partial charge in [-0.3, -0.25) is 4.79 Å². The molecule has 3 heterocycles. The van der Waals surface area contributed by atoms with Crippen molar-refractivity contribution in [1.82, 2.24) is 9.80 Å². The lowest BCUT2D eigenvalue weighted by molar-refractivity contribution is -0.130. The molecule has 1 aromatic carbocycles. The van der Waals surface area contributed by atoms with Crippen molar-refractivity contribution in [2.75, 3.05) is 39.4 Å². The molecule has 0 unspecified atom stereocenters. The molecular formula is C18H22N2O4S. The quantitative estimate of drug-likeness (QED) is 0.797. The first-order valence-electron chi connectivity index (χ1n) is 8.81. The van der Waals surface area contributed by atoms with Gasteiger partial charge in [-0.15, -0.1) is 0 Å². The van der Waals surface area contributed by atoms with Gasteiger partial charge in [0.15, 0.2) is 4.91 Å². The highest BCUT2D eigenvalue weighted by Crippen LogP contribution is 2.42. The fourth-order valence-electron chi connectivity index (χ4n) is 3.81. The molecule has 0 bridgehead atoms. The Morgan fingerprint density at radius 3 is 2.36 bits per heavy atom. The smallest absolute Gasteiger partial charge is 0.268 e. The lowest BCUT2D eigenvalue weighted by Crippen LogP contribution is -2.43. The molecule has 2 fully saturated rings. The molecule has 0 atom stereocenters. The number of ether oxygens (including phenoxy) is 1. The van der Waals surface area contributed by atoms with Crippen LogP contribution in [0.4, 0.5) is 0 Å². The Balaban J connectivity index is 1.84. The first-order chi connectivity index (χ1) is 12.1. The molecular weight excluding hydrogens is 340 g/mol. The van der Waals surface area contributed by atoms with Crippen molar-refractivity contribution >= 4 is 21.4 Å². The third-order valence-electron chi connectivity index (χ3n) is 5.08. The molecule has 25 heavy (non-hydrogen) atoms. The van der Waals surface area contributed by atoms with Crippen LogP contribution in [0.1, 0.15) is 24.8 Å². The van der Waals surface area contributed by atoms with Gasteiger partial charge in [0.1, 0.15) is 0 Å². The number of likely N-dealkylation sites (tertiary alicyclic amines) is 1. The third kappa shape index (κ3) is 2.75. The minimum atomic E-state index is -3.79. The largest absolute Gasteiger partial charge is 0.378 e. The molecule has 0 aliphatic carbocycles. The van der Waals surface area contributed by atoms with E-state index in [0.29, 0.717) is 37.6 Å². The molecule has 0 radical (unpaired) electrons. The van der Waals surface area contributed by atoms with Gasteiger partial charge < -0.3 is 14.5 Å². The number of morpholine rings is 1. The zero-order valence-electron chi connectivity index (χ0n) is 14.1. The van der Waals surface area contributed by atoms with E-state index in [4.69, 9.17) is 4.74 Å². The molecule has 2 saturated heterocycles. The number of rotatable bonds is 2. The first kappa shape index (κ1) is 16.6. The maximum absolute atomic E-state index is 13.2. The maximum atomic E-state index is 13.2. The van der Waals surface area contributed by atoms with Crippen LogP contribution < -0.4 is 0 Å². The highest BCUT2D eigenvalue weighted by atomic mass is 32.2. The molecule has 0 N–H and O–H groups in total. The Hall–Kier alpha value is -1.86. The zero-order valence-corrected chi connectivity index (χ0v) is 14.9. The van der Waals surface area contributed by atoms with E-state index in [1.807, 2.05) is 12.1 Å². The summed E-state index contributed by atoms with van der Waals surface area (Å²) in [6, 6.07) is 6.97. The normalized spacial score (nSPS) is 22.9. The Kier molecular flexibility index (Phi) is 4.29. The van der Waals surface area contributed by atoms with Gasteiger partial charge in [0.05, 0.1) is 23.8 Å². The van der Waals surface area contributed by atoms with Crippen LogP contribution in [0.15, 0.2) is 34.1 Å². The van der Waals surface area contributed by atoms with Crippen LogP contribution in [-0.4, -0.2) is 63.5 Å². The minimum absolute atomic E-state index is 0.0440. The predicted molar refractivity (Wildman–Crippen MR) is 93.4 cm³/mol. The Labute approximate surface area is 148 Å². The number of sulfone groups is 1. The number of fused-ring (bicyclic) bond motifs is 1. The zero-order chi connectivity index (χ0) is 17.4. The average Bonchev–Trinajstić information content (AvgIpc) is 2.90. The van der Waals surface area contributed by atoms with Crippen LogP contribution in [0.3, 0.4) is 0 Å². The Morgan fingerprint density at radius 2 is 1.64 bits per heavy atom. The molecule has 134 valence electrons. The van der Waals surface area contributed by atoms with Crippen LogP contribution >= 0.6 is 0 Å². The molecule has 6 nitrogen and oxygen atoms in total. The van der Waals surface area contributed by atoms with Crippen LogP contribution in [-0.2, 0) is 19.4 Å². The van der Waals surface area contributed by atoms with E-state index in [0.717, 1.165) is 32.4 Å². The number of carbonyl (C=O) groups excluding carboxylic acids is 1.